The molecule has 1 saturated heterocycles. The fraction of sp³-hybridized carbons (Fsp3) is 0.115. The molecule has 1 heterocycles. The van der Waals surface area contributed by atoms with Gasteiger partial charge in [0.2, 0.25) is 0 Å². The Hall–Kier alpha value is -3.62. The predicted molar refractivity (Wildman–Crippen MR) is 137 cm³/mol. The molecule has 7 nitrogen and oxygen atoms in total. The van der Waals surface area contributed by atoms with E-state index in [2.05, 4.69) is 21.2 Å². The molecule has 3 aromatic carbocycles. The van der Waals surface area contributed by atoms with E-state index in [9.17, 15) is 14.4 Å². The van der Waals surface area contributed by atoms with Gasteiger partial charge >= 0.3 is 6.03 Å². The van der Waals surface area contributed by atoms with Gasteiger partial charge in [-0.1, -0.05) is 57.9 Å². The molecule has 0 spiro atoms. The van der Waals surface area contributed by atoms with Crippen LogP contribution in [-0.4, -0.2) is 25.0 Å². The molecule has 0 unspecified atom stereocenters. The number of hydrogen-bond acceptors (Lipinski definition) is 5. The van der Waals surface area contributed by atoms with E-state index in [0.717, 1.165) is 14.9 Å². The maximum Gasteiger partial charge on any atom is 0.335 e. The Balaban J connectivity index is 1.66. The zero-order chi connectivity index (χ0) is 25.1. The van der Waals surface area contributed by atoms with Gasteiger partial charge in [0.15, 0.2) is 11.5 Å². The molecule has 1 fully saturated rings. The van der Waals surface area contributed by atoms with Gasteiger partial charge in [0.25, 0.3) is 11.8 Å². The number of anilines is 1. The molecule has 1 N–H and O–H groups in total. The van der Waals surface area contributed by atoms with Crippen molar-refractivity contribution in [2.24, 2.45) is 0 Å². The summed E-state index contributed by atoms with van der Waals surface area (Å²) in [5.41, 5.74) is 2.21. The number of barbiturate groups is 1. The summed E-state index contributed by atoms with van der Waals surface area (Å²) < 4.78 is 12.1. The second-order valence-electron chi connectivity index (χ2n) is 7.70. The number of benzene rings is 3. The van der Waals surface area contributed by atoms with Crippen LogP contribution >= 0.6 is 27.5 Å². The van der Waals surface area contributed by atoms with E-state index in [1.165, 1.54) is 13.2 Å². The second kappa shape index (κ2) is 10.3. The Kier molecular flexibility index (Phi) is 7.23. The number of rotatable bonds is 6. The summed E-state index contributed by atoms with van der Waals surface area (Å²) in [6.07, 6.45) is 1.36. The summed E-state index contributed by atoms with van der Waals surface area (Å²) in [7, 11) is 1.47. The molecule has 3 aromatic rings. The third-order valence-corrected chi connectivity index (χ3v) is 6.06. The lowest BCUT2D eigenvalue weighted by Gasteiger charge is -2.27. The van der Waals surface area contributed by atoms with Crippen molar-refractivity contribution in [3.63, 3.8) is 0 Å². The number of nitrogens with one attached hydrogen (secondary N) is 1. The summed E-state index contributed by atoms with van der Waals surface area (Å²) >= 11 is 9.83. The van der Waals surface area contributed by atoms with E-state index >= 15 is 0 Å². The Labute approximate surface area is 215 Å². The zero-order valence-electron chi connectivity index (χ0n) is 18.8. The standard InChI is InChI=1S/C26H20BrClN2O5/c1-15-10-18(27)8-9-21(15)30-25(32)19(24(31)29-26(30)33)11-17-12-20(28)23(22(13-17)34-2)35-14-16-6-4-3-5-7-16/h3-13H,14H2,1-2H3,(H,29,31,33)/b19-11-. The van der Waals surface area contributed by atoms with Crippen LogP contribution in [0.4, 0.5) is 10.5 Å². The van der Waals surface area contributed by atoms with E-state index in [1.54, 1.807) is 37.3 Å². The van der Waals surface area contributed by atoms with Crippen molar-refractivity contribution in [3.8, 4) is 11.5 Å². The molecular formula is C26H20BrClN2O5. The van der Waals surface area contributed by atoms with Crippen molar-refractivity contribution in [3.05, 3.63) is 92.4 Å². The van der Waals surface area contributed by atoms with Crippen molar-refractivity contribution in [2.45, 2.75) is 13.5 Å². The Bertz CT molecular complexity index is 1360. The van der Waals surface area contributed by atoms with Gasteiger partial charge in [0, 0.05) is 4.47 Å². The molecule has 0 aliphatic carbocycles. The fourth-order valence-electron chi connectivity index (χ4n) is 3.61. The highest BCUT2D eigenvalue weighted by Crippen LogP contribution is 2.38. The summed E-state index contributed by atoms with van der Waals surface area (Å²) in [5, 5.41) is 2.46. The average molecular weight is 556 g/mol. The van der Waals surface area contributed by atoms with Gasteiger partial charge in [-0.3, -0.25) is 14.9 Å². The number of urea groups is 1. The minimum absolute atomic E-state index is 0.219. The molecule has 0 bridgehead atoms. The number of hydrogen-bond donors (Lipinski definition) is 1. The summed E-state index contributed by atoms with van der Waals surface area (Å²) in [6, 6.07) is 17.0. The van der Waals surface area contributed by atoms with Crippen LogP contribution < -0.4 is 19.7 Å². The van der Waals surface area contributed by atoms with E-state index in [-0.39, 0.29) is 17.2 Å². The molecule has 4 rings (SSSR count). The largest absolute Gasteiger partial charge is 0.493 e. The molecule has 178 valence electrons. The minimum atomic E-state index is -0.817. The van der Waals surface area contributed by atoms with Crippen LogP contribution in [0.25, 0.3) is 6.08 Å². The number of aryl methyl sites for hydroxylation is 1. The first-order valence-electron chi connectivity index (χ1n) is 10.5. The summed E-state index contributed by atoms with van der Waals surface area (Å²) in [6.45, 7) is 2.04. The van der Waals surface area contributed by atoms with Crippen molar-refractivity contribution in [1.82, 2.24) is 5.32 Å². The minimum Gasteiger partial charge on any atom is -0.493 e. The van der Waals surface area contributed by atoms with Crippen LogP contribution in [0.5, 0.6) is 11.5 Å². The number of carbonyl (C=O) groups is 3. The smallest absolute Gasteiger partial charge is 0.335 e. The third kappa shape index (κ3) is 5.23. The molecule has 0 atom stereocenters. The lowest BCUT2D eigenvalue weighted by molar-refractivity contribution is -0.122. The van der Waals surface area contributed by atoms with E-state index in [0.29, 0.717) is 28.3 Å². The molecular weight excluding hydrogens is 536 g/mol. The maximum absolute atomic E-state index is 13.2. The van der Waals surface area contributed by atoms with Crippen LogP contribution in [0.2, 0.25) is 5.02 Å². The normalized spacial score (nSPS) is 14.8. The van der Waals surface area contributed by atoms with Gasteiger partial charge in [-0.15, -0.1) is 0 Å². The molecule has 9 heteroatoms. The molecule has 35 heavy (non-hydrogen) atoms. The van der Waals surface area contributed by atoms with Gasteiger partial charge in [-0.2, -0.15) is 0 Å². The highest BCUT2D eigenvalue weighted by atomic mass is 79.9. The molecule has 0 radical (unpaired) electrons. The van der Waals surface area contributed by atoms with Crippen LogP contribution in [0, 0.1) is 6.92 Å². The first-order chi connectivity index (χ1) is 16.8. The lowest BCUT2D eigenvalue weighted by atomic mass is 10.1. The van der Waals surface area contributed by atoms with Gasteiger partial charge in [0.1, 0.15) is 12.2 Å². The Morgan fingerprint density at radius 3 is 2.49 bits per heavy atom. The quantitative estimate of drug-likeness (QED) is 0.313. The van der Waals surface area contributed by atoms with Gasteiger partial charge in [-0.05, 0) is 60.0 Å². The first-order valence-corrected chi connectivity index (χ1v) is 11.7. The Morgan fingerprint density at radius 1 is 1.06 bits per heavy atom. The number of amides is 4. The topological polar surface area (TPSA) is 84.9 Å². The third-order valence-electron chi connectivity index (χ3n) is 5.29. The van der Waals surface area contributed by atoms with E-state index < -0.39 is 17.8 Å². The van der Waals surface area contributed by atoms with Crippen molar-refractivity contribution in [2.75, 3.05) is 12.0 Å². The van der Waals surface area contributed by atoms with Crippen molar-refractivity contribution in [1.29, 1.82) is 0 Å². The number of imide groups is 2. The van der Waals surface area contributed by atoms with Crippen LogP contribution in [0.1, 0.15) is 16.7 Å². The predicted octanol–water partition coefficient (Wildman–Crippen LogP) is 5.66. The van der Waals surface area contributed by atoms with Crippen LogP contribution in [-0.2, 0) is 16.2 Å². The number of ether oxygens (including phenoxy) is 2. The summed E-state index contributed by atoms with van der Waals surface area (Å²) in [5.74, 6) is -0.878. The van der Waals surface area contributed by atoms with Gasteiger partial charge < -0.3 is 9.47 Å². The SMILES string of the molecule is COc1cc(/C=C2/C(=O)NC(=O)N(c3ccc(Br)cc3C)C2=O)cc(Cl)c1OCc1ccccc1. The van der Waals surface area contributed by atoms with Crippen LogP contribution in [0.15, 0.2) is 70.7 Å². The summed E-state index contributed by atoms with van der Waals surface area (Å²) in [4.78, 5) is 39.2. The number of nitrogens with zero attached hydrogens (tertiary/aromatic N) is 1. The molecule has 0 saturated carbocycles. The van der Waals surface area contributed by atoms with Crippen molar-refractivity contribution < 1.29 is 23.9 Å². The first kappa shape index (κ1) is 24.5. The number of methoxy groups -OCH3 is 1. The average Bonchev–Trinajstić information content (AvgIpc) is 2.82. The Morgan fingerprint density at radius 2 is 1.80 bits per heavy atom. The number of carbonyl (C=O) groups excluding carboxylic acids is 3. The highest BCUT2D eigenvalue weighted by molar-refractivity contribution is 9.10. The highest BCUT2D eigenvalue weighted by Gasteiger charge is 2.37. The molecule has 1 aliphatic rings. The molecule has 0 aromatic heterocycles. The van der Waals surface area contributed by atoms with Gasteiger partial charge in [0.05, 0.1) is 17.8 Å². The second-order valence-corrected chi connectivity index (χ2v) is 9.02. The molecule has 1 aliphatic heterocycles. The fourth-order valence-corrected chi connectivity index (χ4v) is 4.35. The van der Waals surface area contributed by atoms with E-state index in [1.807, 2.05) is 30.3 Å². The van der Waals surface area contributed by atoms with Crippen molar-refractivity contribution >= 4 is 57.1 Å². The van der Waals surface area contributed by atoms with E-state index in [4.69, 9.17) is 21.1 Å². The monoisotopic (exact) mass is 554 g/mol. The number of halogens is 2. The van der Waals surface area contributed by atoms with Crippen LogP contribution in [0.3, 0.4) is 0 Å². The maximum atomic E-state index is 13.2. The molecule has 4 amide bonds. The van der Waals surface area contributed by atoms with Gasteiger partial charge in [-0.25, -0.2) is 9.69 Å². The lowest BCUT2D eigenvalue weighted by Crippen LogP contribution is -2.54. The zero-order valence-corrected chi connectivity index (χ0v) is 21.1.